The number of carboxylic acids is 1. The van der Waals surface area contributed by atoms with E-state index in [-0.39, 0.29) is 5.97 Å². The Morgan fingerprint density at radius 3 is 2.40 bits per heavy atom. The number of methoxy groups -OCH3 is 1. The number of oxazole rings is 1. The summed E-state index contributed by atoms with van der Waals surface area (Å²) < 4.78 is 42.3. The maximum absolute atomic E-state index is 11.5. The number of rotatable bonds is 8. The zero-order valence-corrected chi connectivity index (χ0v) is 19.9. The maximum Gasteiger partial charge on any atom is 0.490 e. The van der Waals surface area contributed by atoms with E-state index in [2.05, 4.69) is 9.88 Å². The first-order chi connectivity index (χ1) is 16.5. The molecule has 2 aromatic rings. The molecule has 1 aromatic carbocycles. The van der Waals surface area contributed by atoms with Crippen LogP contribution in [0, 0.1) is 12.8 Å². The molecule has 1 fully saturated rings. The number of ether oxygens (including phenoxy) is 1. The fourth-order valence-electron chi connectivity index (χ4n) is 3.89. The fraction of sp³-hybridized carbons (Fsp3) is 0.542. The van der Waals surface area contributed by atoms with Crippen LogP contribution in [0.5, 0.6) is 0 Å². The van der Waals surface area contributed by atoms with Crippen molar-refractivity contribution in [2.24, 2.45) is 11.7 Å². The lowest BCUT2D eigenvalue weighted by molar-refractivity contribution is -0.192. The van der Waals surface area contributed by atoms with E-state index in [4.69, 9.17) is 24.8 Å². The molecule has 0 aliphatic carbocycles. The van der Waals surface area contributed by atoms with Crippen LogP contribution in [0.25, 0.3) is 11.5 Å². The van der Waals surface area contributed by atoms with Crippen molar-refractivity contribution in [3.63, 3.8) is 0 Å². The molecule has 1 atom stereocenters. The van der Waals surface area contributed by atoms with Crippen LogP contribution < -0.4 is 5.73 Å². The van der Waals surface area contributed by atoms with E-state index in [1.165, 1.54) is 7.11 Å². The molecule has 3 rings (SSSR count). The van der Waals surface area contributed by atoms with Crippen LogP contribution in [0.2, 0.25) is 0 Å². The van der Waals surface area contributed by atoms with Gasteiger partial charge in [-0.2, -0.15) is 13.2 Å². The molecule has 3 N–H and O–H groups in total. The Morgan fingerprint density at radius 2 is 1.86 bits per heavy atom. The van der Waals surface area contributed by atoms with Crippen molar-refractivity contribution in [1.29, 1.82) is 0 Å². The zero-order valence-electron chi connectivity index (χ0n) is 19.9. The average Bonchev–Trinajstić information content (AvgIpc) is 3.20. The molecule has 8 nitrogen and oxygen atoms in total. The lowest BCUT2D eigenvalue weighted by atomic mass is 9.90. The van der Waals surface area contributed by atoms with Crippen molar-refractivity contribution in [1.82, 2.24) is 9.88 Å². The van der Waals surface area contributed by atoms with Gasteiger partial charge in [-0.3, -0.25) is 4.79 Å². The summed E-state index contributed by atoms with van der Waals surface area (Å²) in [5, 5.41) is 7.12. The molecule has 0 radical (unpaired) electrons. The quantitative estimate of drug-likeness (QED) is 0.526. The van der Waals surface area contributed by atoms with Gasteiger partial charge in [0, 0.05) is 5.56 Å². The lowest BCUT2D eigenvalue weighted by Crippen LogP contribution is -2.39. The van der Waals surface area contributed by atoms with Gasteiger partial charge in [-0.25, -0.2) is 9.78 Å². The molecule has 1 unspecified atom stereocenters. The molecule has 11 heteroatoms. The third-order valence-electron chi connectivity index (χ3n) is 5.84. The summed E-state index contributed by atoms with van der Waals surface area (Å²) in [7, 11) is 1.39. The SMILES string of the molecule is COC(=O)C(N)CC1CCN(CCCc2nc(-c3ccccc3)oc2C)CC1.O=C(O)C(F)(F)F. The summed E-state index contributed by atoms with van der Waals surface area (Å²) >= 11 is 0. The van der Waals surface area contributed by atoms with Crippen molar-refractivity contribution in [3.05, 3.63) is 41.8 Å². The van der Waals surface area contributed by atoms with Gasteiger partial charge >= 0.3 is 18.1 Å². The van der Waals surface area contributed by atoms with Gasteiger partial charge in [0.2, 0.25) is 5.89 Å². The van der Waals surface area contributed by atoms with E-state index in [0.29, 0.717) is 11.8 Å². The number of halogens is 3. The van der Waals surface area contributed by atoms with Crippen LogP contribution in [0.4, 0.5) is 13.2 Å². The molecule has 0 amide bonds. The number of carboxylic acid groups (broad SMARTS) is 1. The number of esters is 1. The summed E-state index contributed by atoms with van der Waals surface area (Å²) in [6.07, 6.45) is -0.193. The standard InChI is InChI=1S/C22H31N3O3.C2HF3O2/c1-16-20(24-21(28-16)18-7-4-3-5-8-18)9-6-12-25-13-10-17(11-14-25)15-19(23)22(26)27-2;3-2(4,5)1(6)7/h3-5,7-8,17,19H,6,9-15,23H2,1-2H3;(H,6,7). The highest BCUT2D eigenvalue weighted by Gasteiger charge is 2.38. The van der Waals surface area contributed by atoms with Crippen molar-refractivity contribution in [3.8, 4) is 11.5 Å². The minimum atomic E-state index is -5.08. The van der Waals surface area contributed by atoms with Gasteiger partial charge in [-0.15, -0.1) is 0 Å². The number of nitrogens with two attached hydrogens (primary N) is 1. The number of piperidine rings is 1. The van der Waals surface area contributed by atoms with Crippen molar-refractivity contribution in [2.45, 2.75) is 51.2 Å². The van der Waals surface area contributed by atoms with Gasteiger partial charge in [0.15, 0.2) is 0 Å². The van der Waals surface area contributed by atoms with Gasteiger partial charge in [-0.05, 0) is 76.7 Å². The summed E-state index contributed by atoms with van der Waals surface area (Å²) in [6, 6.07) is 9.53. The van der Waals surface area contributed by atoms with Crippen molar-refractivity contribution >= 4 is 11.9 Å². The van der Waals surface area contributed by atoms with Gasteiger partial charge in [0.1, 0.15) is 11.8 Å². The van der Waals surface area contributed by atoms with E-state index in [0.717, 1.165) is 68.8 Å². The van der Waals surface area contributed by atoms with Gasteiger partial charge in [-0.1, -0.05) is 18.2 Å². The third-order valence-corrected chi connectivity index (χ3v) is 5.84. The molecule has 1 aliphatic rings. The monoisotopic (exact) mass is 499 g/mol. The Balaban J connectivity index is 0.000000540. The number of aromatic nitrogens is 1. The van der Waals surface area contributed by atoms with Crippen molar-refractivity contribution < 1.29 is 37.0 Å². The van der Waals surface area contributed by atoms with Gasteiger partial charge in [0.25, 0.3) is 0 Å². The molecule has 194 valence electrons. The second-order valence-electron chi connectivity index (χ2n) is 8.44. The summed E-state index contributed by atoms with van der Waals surface area (Å²) in [6.45, 7) is 5.17. The molecule has 1 aromatic heterocycles. The second kappa shape index (κ2) is 13.2. The minimum absolute atomic E-state index is 0.305. The number of benzene rings is 1. The average molecular weight is 500 g/mol. The third kappa shape index (κ3) is 9.33. The summed E-state index contributed by atoms with van der Waals surface area (Å²) in [5.74, 6) is -0.936. The molecular weight excluding hydrogens is 467 g/mol. The molecule has 0 spiro atoms. The number of aryl methyl sites for hydroxylation is 2. The summed E-state index contributed by atoms with van der Waals surface area (Å²) in [5.41, 5.74) is 7.96. The number of aliphatic carboxylic acids is 1. The van der Waals surface area contributed by atoms with Crippen LogP contribution in [0.3, 0.4) is 0 Å². The largest absolute Gasteiger partial charge is 0.490 e. The Labute approximate surface area is 202 Å². The summed E-state index contributed by atoms with van der Waals surface area (Å²) in [4.78, 5) is 27.6. The highest BCUT2D eigenvalue weighted by atomic mass is 19.4. The van der Waals surface area contributed by atoms with E-state index in [1.54, 1.807) is 0 Å². The number of nitrogens with zero attached hydrogens (tertiary/aromatic N) is 2. The number of likely N-dealkylation sites (tertiary alicyclic amines) is 1. The fourth-order valence-corrected chi connectivity index (χ4v) is 3.89. The van der Waals surface area contributed by atoms with Crippen LogP contribution in [0.1, 0.15) is 37.1 Å². The first-order valence-corrected chi connectivity index (χ1v) is 11.4. The Kier molecular flexibility index (Phi) is 10.7. The normalized spacial score (nSPS) is 15.7. The second-order valence-corrected chi connectivity index (χ2v) is 8.44. The van der Waals surface area contributed by atoms with Crippen LogP contribution in [-0.2, 0) is 20.7 Å². The predicted molar refractivity (Wildman–Crippen MR) is 122 cm³/mol. The maximum atomic E-state index is 11.5. The molecule has 2 heterocycles. The Hall–Kier alpha value is -2.92. The zero-order chi connectivity index (χ0) is 26.0. The predicted octanol–water partition coefficient (Wildman–Crippen LogP) is 3.82. The van der Waals surface area contributed by atoms with E-state index >= 15 is 0 Å². The highest BCUT2D eigenvalue weighted by Crippen LogP contribution is 2.24. The molecule has 1 aliphatic heterocycles. The van der Waals surface area contributed by atoms with E-state index in [9.17, 15) is 18.0 Å². The molecule has 0 saturated carbocycles. The number of hydrogen-bond acceptors (Lipinski definition) is 7. The van der Waals surface area contributed by atoms with Gasteiger partial charge in [0.05, 0.1) is 12.8 Å². The number of carbonyl (C=O) groups excluding carboxylic acids is 1. The number of hydrogen-bond donors (Lipinski definition) is 2. The van der Waals surface area contributed by atoms with Crippen LogP contribution in [-0.4, -0.2) is 65.9 Å². The van der Waals surface area contributed by atoms with E-state index in [1.807, 2.05) is 37.3 Å². The van der Waals surface area contributed by atoms with Crippen LogP contribution in [0.15, 0.2) is 34.7 Å². The smallest absolute Gasteiger partial charge is 0.475 e. The topological polar surface area (TPSA) is 119 Å². The van der Waals surface area contributed by atoms with Gasteiger partial charge < -0.3 is 24.9 Å². The lowest BCUT2D eigenvalue weighted by Gasteiger charge is -2.32. The van der Waals surface area contributed by atoms with Crippen LogP contribution >= 0.6 is 0 Å². The molecular formula is C24H32F3N3O5. The first-order valence-electron chi connectivity index (χ1n) is 11.4. The Bertz CT molecular complexity index is 942. The molecule has 35 heavy (non-hydrogen) atoms. The molecule has 1 saturated heterocycles. The number of carbonyl (C=O) groups is 2. The first kappa shape index (κ1) is 28.3. The Morgan fingerprint density at radius 1 is 1.26 bits per heavy atom. The van der Waals surface area contributed by atoms with E-state index < -0.39 is 18.2 Å². The minimum Gasteiger partial charge on any atom is -0.475 e. The number of alkyl halides is 3. The highest BCUT2D eigenvalue weighted by molar-refractivity contribution is 5.75. The van der Waals surface area contributed by atoms with Crippen molar-refractivity contribution in [2.75, 3.05) is 26.7 Å². The molecule has 0 bridgehead atoms.